The van der Waals surface area contributed by atoms with Crippen LogP contribution in [0.3, 0.4) is 0 Å². The fourth-order valence-electron chi connectivity index (χ4n) is 2.49. The van der Waals surface area contributed by atoms with Gasteiger partial charge in [-0.15, -0.1) is 0 Å². The third kappa shape index (κ3) is 3.68. The standard InChI is InChI=1S/C19H20N2O3/c1-13-4-3-5-16(10-13)24-9-8-20-19(22)18-11-14-6-7-15(23-2)12-17(14)21-18/h3-7,10-12,21H,8-9H2,1-2H3,(H,20,22). The number of H-pyrrole nitrogens is 1. The Kier molecular flexibility index (Phi) is 4.70. The fraction of sp³-hybridized carbons (Fsp3) is 0.211. The smallest absolute Gasteiger partial charge is 0.267 e. The minimum Gasteiger partial charge on any atom is -0.497 e. The Morgan fingerprint density at radius 1 is 1.12 bits per heavy atom. The molecule has 0 bridgehead atoms. The number of aryl methyl sites for hydroxylation is 1. The van der Waals surface area contributed by atoms with Crippen molar-refractivity contribution in [2.45, 2.75) is 6.92 Å². The molecule has 0 saturated heterocycles. The van der Waals surface area contributed by atoms with E-state index in [-0.39, 0.29) is 5.91 Å². The van der Waals surface area contributed by atoms with Crippen molar-refractivity contribution < 1.29 is 14.3 Å². The van der Waals surface area contributed by atoms with E-state index < -0.39 is 0 Å². The van der Waals surface area contributed by atoms with Crippen LogP contribution >= 0.6 is 0 Å². The molecule has 24 heavy (non-hydrogen) atoms. The van der Waals surface area contributed by atoms with E-state index in [4.69, 9.17) is 9.47 Å². The Hall–Kier alpha value is -2.95. The summed E-state index contributed by atoms with van der Waals surface area (Å²) in [6.45, 7) is 2.87. The van der Waals surface area contributed by atoms with Crippen molar-refractivity contribution in [3.8, 4) is 11.5 Å². The van der Waals surface area contributed by atoms with Crippen LogP contribution in [-0.2, 0) is 0 Å². The van der Waals surface area contributed by atoms with Crippen LogP contribution in [0.1, 0.15) is 16.1 Å². The van der Waals surface area contributed by atoms with Crippen LogP contribution < -0.4 is 14.8 Å². The molecule has 0 saturated carbocycles. The lowest BCUT2D eigenvalue weighted by molar-refractivity contribution is 0.0943. The number of carbonyl (C=O) groups is 1. The number of aromatic amines is 1. The highest BCUT2D eigenvalue weighted by Crippen LogP contribution is 2.21. The molecule has 3 aromatic rings. The van der Waals surface area contributed by atoms with E-state index in [0.717, 1.165) is 28.0 Å². The Bertz CT molecular complexity index is 855. The molecule has 0 fully saturated rings. The number of rotatable bonds is 6. The van der Waals surface area contributed by atoms with Gasteiger partial charge in [0.1, 0.15) is 23.8 Å². The molecular formula is C19H20N2O3. The summed E-state index contributed by atoms with van der Waals surface area (Å²) in [6, 6.07) is 15.3. The van der Waals surface area contributed by atoms with Gasteiger partial charge < -0.3 is 19.8 Å². The molecule has 1 heterocycles. The second-order valence-corrected chi connectivity index (χ2v) is 5.56. The average Bonchev–Trinajstić information content (AvgIpc) is 3.01. The Labute approximate surface area is 140 Å². The van der Waals surface area contributed by atoms with Gasteiger partial charge in [-0.05, 0) is 42.8 Å². The first-order valence-electron chi connectivity index (χ1n) is 7.80. The summed E-state index contributed by atoms with van der Waals surface area (Å²) in [5.74, 6) is 1.41. The topological polar surface area (TPSA) is 63.4 Å². The van der Waals surface area contributed by atoms with Gasteiger partial charge >= 0.3 is 0 Å². The number of aromatic nitrogens is 1. The summed E-state index contributed by atoms with van der Waals surface area (Å²) in [7, 11) is 1.62. The predicted molar refractivity (Wildman–Crippen MR) is 93.9 cm³/mol. The largest absolute Gasteiger partial charge is 0.497 e. The Morgan fingerprint density at radius 3 is 2.79 bits per heavy atom. The molecule has 3 rings (SSSR count). The number of methoxy groups -OCH3 is 1. The van der Waals surface area contributed by atoms with Crippen molar-refractivity contribution in [2.24, 2.45) is 0 Å². The fourth-order valence-corrected chi connectivity index (χ4v) is 2.49. The maximum absolute atomic E-state index is 12.2. The lowest BCUT2D eigenvalue weighted by atomic mass is 10.2. The molecule has 1 amide bonds. The van der Waals surface area contributed by atoms with Crippen molar-refractivity contribution in [3.63, 3.8) is 0 Å². The molecular weight excluding hydrogens is 304 g/mol. The van der Waals surface area contributed by atoms with Gasteiger partial charge in [-0.25, -0.2) is 0 Å². The van der Waals surface area contributed by atoms with Crippen molar-refractivity contribution >= 4 is 16.8 Å². The van der Waals surface area contributed by atoms with Crippen LogP contribution in [0.4, 0.5) is 0 Å². The maximum Gasteiger partial charge on any atom is 0.267 e. The monoisotopic (exact) mass is 324 g/mol. The quantitative estimate of drug-likeness (QED) is 0.684. The first kappa shape index (κ1) is 15.9. The molecule has 124 valence electrons. The summed E-state index contributed by atoms with van der Waals surface area (Å²) in [5.41, 5.74) is 2.54. The third-order valence-corrected chi connectivity index (χ3v) is 3.72. The predicted octanol–water partition coefficient (Wildman–Crippen LogP) is 3.29. The van der Waals surface area contributed by atoms with Crippen LogP contribution in [0.2, 0.25) is 0 Å². The molecule has 1 aromatic heterocycles. The van der Waals surface area contributed by atoms with E-state index in [2.05, 4.69) is 10.3 Å². The van der Waals surface area contributed by atoms with Gasteiger partial charge in [0, 0.05) is 17.0 Å². The number of carbonyl (C=O) groups excluding carboxylic acids is 1. The highest BCUT2D eigenvalue weighted by atomic mass is 16.5. The molecule has 0 aliphatic carbocycles. The number of ether oxygens (including phenoxy) is 2. The molecule has 5 heteroatoms. The normalized spacial score (nSPS) is 10.6. The van der Waals surface area contributed by atoms with E-state index in [1.165, 1.54) is 0 Å². The second kappa shape index (κ2) is 7.08. The molecule has 2 N–H and O–H groups in total. The van der Waals surface area contributed by atoms with Crippen LogP contribution in [0.15, 0.2) is 48.5 Å². The van der Waals surface area contributed by atoms with Crippen molar-refractivity contribution in [3.05, 3.63) is 59.8 Å². The first-order chi connectivity index (χ1) is 11.7. The van der Waals surface area contributed by atoms with Gasteiger partial charge in [0.2, 0.25) is 0 Å². The van der Waals surface area contributed by atoms with Crippen LogP contribution in [0, 0.1) is 6.92 Å². The molecule has 0 aliphatic heterocycles. The Morgan fingerprint density at radius 2 is 2.00 bits per heavy atom. The van der Waals surface area contributed by atoms with Gasteiger partial charge in [0.25, 0.3) is 5.91 Å². The van der Waals surface area contributed by atoms with Crippen molar-refractivity contribution in [2.75, 3.05) is 20.3 Å². The molecule has 0 spiro atoms. The van der Waals surface area contributed by atoms with Gasteiger partial charge in [-0.1, -0.05) is 12.1 Å². The van der Waals surface area contributed by atoms with Crippen molar-refractivity contribution in [1.82, 2.24) is 10.3 Å². The SMILES string of the molecule is COc1ccc2cc(C(=O)NCCOc3cccc(C)c3)[nH]c2c1. The van der Waals surface area contributed by atoms with Crippen LogP contribution in [0.25, 0.3) is 10.9 Å². The van der Waals surface area contributed by atoms with Gasteiger partial charge in [0.15, 0.2) is 0 Å². The summed E-state index contributed by atoms with van der Waals surface area (Å²) >= 11 is 0. The van der Waals surface area contributed by atoms with Gasteiger partial charge in [-0.2, -0.15) is 0 Å². The number of fused-ring (bicyclic) bond motifs is 1. The molecule has 5 nitrogen and oxygen atoms in total. The van der Waals surface area contributed by atoms with E-state index in [0.29, 0.717) is 18.8 Å². The zero-order valence-corrected chi connectivity index (χ0v) is 13.8. The van der Waals surface area contributed by atoms with Crippen LogP contribution in [0.5, 0.6) is 11.5 Å². The minimum atomic E-state index is -0.155. The van der Waals surface area contributed by atoms with E-state index in [1.54, 1.807) is 7.11 Å². The number of benzene rings is 2. The summed E-state index contributed by atoms with van der Waals surface area (Å²) in [4.78, 5) is 15.3. The van der Waals surface area contributed by atoms with E-state index in [1.807, 2.05) is 55.5 Å². The van der Waals surface area contributed by atoms with Crippen molar-refractivity contribution in [1.29, 1.82) is 0 Å². The van der Waals surface area contributed by atoms with E-state index in [9.17, 15) is 4.79 Å². The zero-order chi connectivity index (χ0) is 16.9. The number of hydrogen-bond donors (Lipinski definition) is 2. The summed E-state index contributed by atoms with van der Waals surface area (Å²) in [6.07, 6.45) is 0. The molecule has 0 atom stereocenters. The second-order valence-electron chi connectivity index (χ2n) is 5.56. The summed E-state index contributed by atoms with van der Waals surface area (Å²) in [5, 5.41) is 3.82. The molecule has 0 unspecified atom stereocenters. The number of amides is 1. The zero-order valence-electron chi connectivity index (χ0n) is 13.8. The van der Waals surface area contributed by atoms with Crippen LogP contribution in [-0.4, -0.2) is 31.2 Å². The third-order valence-electron chi connectivity index (χ3n) is 3.72. The molecule has 0 aliphatic rings. The number of hydrogen-bond acceptors (Lipinski definition) is 3. The minimum absolute atomic E-state index is 0.155. The summed E-state index contributed by atoms with van der Waals surface area (Å²) < 4.78 is 10.8. The molecule has 0 radical (unpaired) electrons. The first-order valence-corrected chi connectivity index (χ1v) is 7.80. The highest BCUT2D eigenvalue weighted by Gasteiger charge is 2.09. The lowest BCUT2D eigenvalue weighted by Gasteiger charge is -2.07. The van der Waals surface area contributed by atoms with E-state index >= 15 is 0 Å². The van der Waals surface area contributed by atoms with Gasteiger partial charge in [0.05, 0.1) is 13.7 Å². The number of nitrogens with one attached hydrogen (secondary N) is 2. The maximum atomic E-state index is 12.2. The lowest BCUT2D eigenvalue weighted by Crippen LogP contribution is -2.28. The van der Waals surface area contributed by atoms with Gasteiger partial charge in [-0.3, -0.25) is 4.79 Å². The highest BCUT2D eigenvalue weighted by molar-refractivity contribution is 5.98. The molecule has 2 aromatic carbocycles. The average molecular weight is 324 g/mol. The Balaban J connectivity index is 1.55.